The molecule has 2 aromatic rings. The highest BCUT2D eigenvalue weighted by atomic mass is 16.1. The highest BCUT2D eigenvalue weighted by Crippen LogP contribution is 1.96. The summed E-state index contributed by atoms with van der Waals surface area (Å²) in [6.07, 6.45) is 2.92. The van der Waals surface area contributed by atoms with Gasteiger partial charge in [-0.05, 0) is 0 Å². The number of imidazole rings is 1. The van der Waals surface area contributed by atoms with Crippen LogP contribution in [-0.4, -0.2) is 19.9 Å². The van der Waals surface area contributed by atoms with E-state index in [2.05, 4.69) is 19.9 Å². The Kier molecular flexibility index (Phi) is 0.858. The zero-order valence-corrected chi connectivity index (χ0v) is 4.96. The summed E-state index contributed by atoms with van der Waals surface area (Å²) in [6, 6.07) is 0. The fraction of sp³-hybridized carbons (Fsp3) is 0. The van der Waals surface area contributed by atoms with Gasteiger partial charge in [-0.15, -0.1) is 0 Å². The number of aromatic amines is 2. The van der Waals surface area contributed by atoms with Gasteiger partial charge in [0.15, 0.2) is 5.65 Å². The molecule has 0 fully saturated rings. The van der Waals surface area contributed by atoms with E-state index in [-0.39, 0.29) is 5.69 Å². The number of nitrogens with one attached hydrogen (secondary N) is 2. The van der Waals surface area contributed by atoms with Crippen molar-refractivity contribution in [1.82, 2.24) is 19.9 Å². The van der Waals surface area contributed by atoms with Gasteiger partial charge in [0.25, 0.3) is 0 Å². The van der Waals surface area contributed by atoms with Crippen LogP contribution in [0.2, 0.25) is 0 Å². The second kappa shape index (κ2) is 1.66. The number of rotatable bonds is 0. The first-order valence-corrected chi connectivity index (χ1v) is 2.74. The number of aromatic nitrogens is 4. The van der Waals surface area contributed by atoms with Gasteiger partial charge < -0.3 is 4.98 Å². The van der Waals surface area contributed by atoms with Crippen molar-refractivity contribution in [3.8, 4) is 0 Å². The summed E-state index contributed by atoms with van der Waals surface area (Å²) in [5.74, 6) is 0. The standard InChI is InChI=1S/C5H4N4O/c10-5-8-3-1-6-2-7-4(3)9-5/h1-2H,(H2,6,7,8,9,10). The summed E-state index contributed by atoms with van der Waals surface area (Å²) in [7, 11) is 0. The van der Waals surface area contributed by atoms with Crippen molar-refractivity contribution in [2.24, 2.45) is 0 Å². The molecule has 2 N–H and O–H groups in total. The maximum atomic E-state index is 10.6. The molecule has 0 unspecified atom stereocenters. The SMILES string of the molecule is O=c1[nH]c2cncnc2[nH]1. The van der Waals surface area contributed by atoms with Crippen LogP contribution < -0.4 is 5.69 Å². The molecule has 0 aliphatic carbocycles. The molecule has 0 saturated carbocycles. The van der Waals surface area contributed by atoms with E-state index < -0.39 is 0 Å². The minimum Gasteiger partial charge on any atom is -0.303 e. The van der Waals surface area contributed by atoms with Crippen LogP contribution in [0.5, 0.6) is 0 Å². The minimum atomic E-state index is -0.254. The quantitative estimate of drug-likeness (QED) is 0.519. The maximum absolute atomic E-state index is 10.6. The monoisotopic (exact) mass is 136 g/mol. The predicted octanol–water partition coefficient (Wildman–Crippen LogP) is -0.354. The van der Waals surface area contributed by atoms with Gasteiger partial charge in [0.2, 0.25) is 0 Å². The van der Waals surface area contributed by atoms with Crippen molar-refractivity contribution >= 4 is 11.2 Å². The van der Waals surface area contributed by atoms with Gasteiger partial charge in [-0.1, -0.05) is 0 Å². The Balaban J connectivity index is 3.01. The van der Waals surface area contributed by atoms with Crippen LogP contribution in [0.1, 0.15) is 0 Å². The number of fused-ring (bicyclic) bond motifs is 1. The molecule has 0 atom stereocenters. The molecule has 2 aromatic heterocycles. The number of hydrogen-bond donors (Lipinski definition) is 2. The molecule has 0 radical (unpaired) electrons. The third kappa shape index (κ3) is 0.604. The van der Waals surface area contributed by atoms with Crippen LogP contribution >= 0.6 is 0 Å². The Labute approximate surface area is 55.1 Å². The molecule has 50 valence electrons. The van der Waals surface area contributed by atoms with Crippen molar-refractivity contribution < 1.29 is 0 Å². The molecule has 0 bridgehead atoms. The van der Waals surface area contributed by atoms with Crippen molar-refractivity contribution in [3.63, 3.8) is 0 Å². The summed E-state index contributed by atoms with van der Waals surface area (Å²) in [5, 5.41) is 0. The van der Waals surface area contributed by atoms with Crippen LogP contribution in [0, 0.1) is 0 Å². The average Bonchev–Trinajstić information content (AvgIpc) is 2.27. The first-order chi connectivity index (χ1) is 4.86. The van der Waals surface area contributed by atoms with Crippen molar-refractivity contribution in [2.45, 2.75) is 0 Å². The largest absolute Gasteiger partial charge is 0.325 e. The summed E-state index contributed by atoms with van der Waals surface area (Å²) < 4.78 is 0. The van der Waals surface area contributed by atoms with E-state index in [1.807, 2.05) is 0 Å². The van der Waals surface area contributed by atoms with Gasteiger partial charge in [-0.25, -0.2) is 14.8 Å². The zero-order chi connectivity index (χ0) is 6.97. The molecule has 0 spiro atoms. The lowest BCUT2D eigenvalue weighted by Gasteiger charge is -1.80. The lowest BCUT2D eigenvalue weighted by Crippen LogP contribution is -1.99. The van der Waals surface area contributed by atoms with E-state index in [1.54, 1.807) is 6.20 Å². The molecule has 0 saturated heterocycles. The number of H-pyrrole nitrogens is 2. The molecular weight excluding hydrogens is 132 g/mol. The predicted molar refractivity (Wildman–Crippen MR) is 34.5 cm³/mol. The molecule has 0 amide bonds. The van der Waals surface area contributed by atoms with Crippen LogP contribution in [-0.2, 0) is 0 Å². The molecule has 0 aliphatic heterocycles. The Morgan fingerprint density at radius 1 is 1.40 bits per heavy atom. The topological polar surface area (TPSA) is 74.4 Å². The normalized spacial score (nSPS) is 10.4. The molecule has 5 heteroatoms. The highest BCUT2D eigenvalue weighted by molar-refractivity contribution is 5.67. The summed E-state index contributed by atoms with van der Waals surface area (Å²) in [6.45, 7) is 0. The van der Waals surface area contributed by atoms with Gasteiger partial charge in [-0.2, -0.15) is 0 Å². The molecule has 0 aromatic carbocycles. The minimum absolute atomic E-state index is 0.254. The molecule has 0 aliphatic rings. The summed E-state index contributed by atoms with van der Waals surface area (Å²) in [5.41, 5.74) is 0.919. The Morgan fingerprint density at radius 2 is 2.30 bits per heavy atom. The number of hydrogen-bond acceptors (Lipinski definition) is 3. The van der Waals surface area contributed by atoms with Crippen LogP contribution in [0.4, 0.5) is 0 Å². The lowest BCUT2D eigenvalue weighted by molar-refractivity contribution is 1.18. The first-order valence-electron chi connectivity index (χ1n) is 2.74. The third-order valence-corrected chi connectivity index (χ3v) is 1.19. The fourth-order valence-electron chi connectivity index (χ4n) is 0.782. The summed E-state index contributed by atoms with van der Waals surface area (Å²) in [4.78, 5) is 23.2. The molecule has 2 heterocycles. The molecular formula is C5H4N4O. The molecule has 10 heavy (non-hydrogen) atoms. The zero-order valence-electron chi connectivity index (χ0n) is 4.96. The smallest absolute Gasteiger partial charge is 0.303 e. The Hall–Kier alpha value is -1.65. The highest BCUT2D eigenvalue weighted by Gasteiger charge is 1.94. The van der Waals surface area contributed by atoms with E-state index in [9.17, 15) is 4.79 Å². The van der Waals surface area contributed by atoms with Crippen molar-refractivity contribution in [3.05, 3.63) is 23.0 Å². The Bertz CT molecular complexity index is 365. The molecule has 5 nitrogen and oxygen atoms in total. The van der Waals surface area contributed by atoms with Crippen LogP contribution in [0.25, 0.3) is 11.2 Å². The number of nitrogens with zero attached hydrogens (tertiary/aromatic N) is 2. The summed E-state index contributed by atoms with van der Waals surface area (Å²) >= 11 is 0. The van der Waals surface area contributed by atoms with Crippen molar-refractivity contribution in [2.75, 3.05) is 0 Å². The maximum Gasteiger partial charge on any atom is 0.325 e. The van der Waals surface area contributed by atoms with Gasteiger partial charge in [0, 0.05) is 0 Å². The van der Waals surface area contributed by atoms with Crippen LogP contribution in [0.15, 0.2) is 17.3 Å². The van der Waals surface area contributed by atoms with Gasteiger partial charge >= 0.3 is 5.69 Å². The second-order valence-electron chi connectivity index (χ2n) is 1.86. The van der Waals surface area contributed by atoms with Crippen molar-refractivity contribution in [1.29, 1.82) is 0 Å². The van der Waals surface area contributed by atoms with E-state index in [0.29, 0.717) is 11.2 Å². The first kappa shape index (κ1) is 5.16. The van der Waals surface area contributed by atoms with Gasteiger partial charge in [0.05, 0.1) is 6.20 Å². The van der Waals surface area contributed by atoms with Crippen LogP contribution in [0.3, 0.4) is 0 Å². The van der Waals surface area contributed by atoms with Gasteiger partial charge in [-0.3, -0.25) is 4.98 Å². The molecule has 2 rings (SSSR count). The Morgan fingerprint density at radius 3 is 3.10 bits per heavy atom. The van der Waals surface area contributed by atoms with E-state index in [0.717, 1.165) is 0 Å². The lowest BCUT2D eigenvalue weighted by atomic mass is 10.6. The fourth-order valence-corrected chi connectivity index (χ4v) is 0.782. The van der Waals surface area contributed by atoms with E-state index >= 15 is 0 Å². The van der Waals surface area contributed by atoms with E-state index in [1.165, 1.54) is 6.33 Å². The second-order valence-corrected chi connectivity index (χ2v) is 1.86. The van der Waals surface area contributed by atoms with Gasteiger partial charge in [0.1, 0.15) is 11.8 Å². The third-order valence-electron chi connectivity index (χ3n) is 1.19. The average molecular weight is 136 g/mol. The van der Waals surface area contributed by atoms with E-state index in [4.69, 9.17) is 0 Å².